The fraction of sp³-hybridized carbons (Fsp3) is 0.182. The Morgan fingerprint density at radius 3 is 2.89 bits per heavy atom. The van der Waals surface area contributed by atoms with Crippen LogP contribution >= 0.6 is 0 Å². The third-order valence-electron chi connectivity index (χ3n) is 2.36. The lowest BCUT2D eigenvalue weighted by Crippen LogP contribution is -2.07. The molecule has 2 aromatic heterocycles. The topological polar surface area (TPSA) is 107 Å². The molecule has 0 aliphatic carbocycles. The number of nitrogens with one attached hydrogen (secondary N) is 1. The smallest absolute Gasteiger partial charge is 0.311 e. The molecule has 7 heteroatoms. The lowest BCUT2D eigenvalue weighted by Gasteiger charge is -2.05. The number of aromatic nitrogens is 1. The summed E-state index contributed by atoms with van der Waals surface area (Å²) in [7, 11) is 0. The molecule has 0 saturated heterocycles. The molecular weight excluding hydrogens is 236 g/mol. The first-order valence-corrected chi connectivity index (χ1v) is 5.34. The number of hydrogen-bond acceptors (Lipinski definition) is 6. The van der Waals surface area contributed by atoms with E-state index >= 15 is 0 Å². The first-order valence-electron chi connectivity index (χ1n) is 5.34. The van der Waals surface area contributed by atoms with E-state index in [0.29, 0.717) is 18.8 Å². The minimum absolute atomic E-state index is 0.0944. The van der Waals surface area contributed by atoms with Crippen molar-refractivity contribution >= 4 is 17.3 Å². The molecule has 2 rings (SSSR count). The minimum Gasteiger partial charge on any atom is -0.469 e. The van der Waals surface area contributed by atoms with Crippen molar-refractivity contribution in [3.63, 3.8) is 0 Å². The van der Waals surface area contributed by atoms with Crippen molar-refractivity contribution in [2.45, 2.75) is 6.42 Å². The van der Waals surface area contributed by atoms with Crippen LogP contribution in [0.5, 0.6) is 0 Å². The lowest BCUT2D eigenvalue weighted by molar-refractivity contribution is -0.384. The van der Waals surface area contributed by atoms with E-state index in [0.717, 1.165) is 5.76 Å². The van der Waals surface area contributed by atoms with Gasteiger partial charge in [-0.2, -0.15) is 0 Å². The summed E-state index contributed by atoms with van der Waals surface area (Å²) in [6.45, 7) is 0.609. The highest BCUT2D eigenvalue weighted by Crippen LogP contribution is 2.20. The number of rotatable bonds is 5. The summed E-state index contributed by atoms with van der Waals surface area (Å²) in [5.74, 6) is 1.27. The second-order valence-electron chi connectivity index (χ2n) is 3.61. The van der Waals surface area contributed by atoms with Crippen molar-refractivity contribution in [2.75, 3.05) is 17.6 Å². The number of nitrogens with zero attached hydrogens (tertiary/aromatic N) is 2. The van der Waals surface area contributed by atoms with Gasteiger partial charge in [0.25, 0.3) is 0 Å². The number of nitrogens with two attached hydrogens (primary N) is 1. The highest BCUT2D eigenvalue weighted by Gasteiger charge is 2.12. The Hall–Kier alpha value is -2.57. The van der Waals surface area contributed by atoms with Crippen LogP contribution in [0.4, 0.5) is 17.3 Å². The van der Waals surface area contributed by atoms with Crippen LogP contribution in [0.3, 0.4) is 0 Å². The first kappa shape index (κ1) is 11.9. The molecule has 0 unspecified atom stereocenters. The lowest BCUT2D eigenvalue weighted by atomic mass is 10.3. The van der Waals surface area contributed by atoms with Crippen LogP contribution < -0.4 is 11.1 Å². The SMILES string of the molecule is Nc1nc(NCCc2ccco2)ccc1[N+](=O)[O-]. The fourth-order valence-corrected chi connectivity index (χ4v) is 1.49. The number of nitrogen functional groups attached to an aromatic ring is 1. The van der Waals surface area contributed by atoms with Gasteiger partial charge in [-0.15, -0.1) is 0 Å². The molecular formula is C11H12N4O3. The van der Waals surface area contributed by atoms with Crippen molar-refractivity contribution < 1.29 is 9.34 Å². The Morgan fingerprint density at radius 2 is 2.28 bits per heavy atom. The molecule has 0 fully saturated rings. The number of anilines is 2. The summed E-state index contributed by atoms with van der Waals surface area (Å²) >= 11 is 0. The van der Waals surface area contributed by atoms with E-state index in [1.54, 1.807) is 6.26 Å². The van der Waals surface area contributed by atoms with Crippen LogP contribution in [0.25, 0.3) is 0 Å². The molecule has 0 aliphatic heterocycles. The quantitative estimate of drug-likeness (QED) is 0.617. The third kappa shape index (κ3) is 2.76. The molecule has 3 N–H and O–H groups in total. The van der Waals surface area contributed by atoms with E-state index in [2.05, 4.69) is 10.3 Å². The molecule has 0 atom stereocenters. The van der Waals surface area contributed by atoms with Gasteiger partial charge in [-0.25, -0.2) is 4.98 Å². The van der Waals surface area contributed by atoms with Crippen molar-refractivity contribution in [3.05, 3.63) is 46.4 Å². The summed E-state index contributed by atoms with van der Waals surface area (Å²) in [5, 5.41) is 13.6. The van der Waals surface area contributed by atoms with E-state index in [-0.39, 0.29) is 11.5 Å². The van der Waals surface area contributed by atoms with Crippen LogP contribution in [-0.4, -0.2) is 16.5 Å². The maximum absolute atomic E-state index is 10.6. The monoisotopic (exact) mass is 248 g/mol. The van der Waals surface area contributed by atoms with Crippen LogP contribution in [0.1, 0.15) is 5.76 Å². The Bertz CT molecular complexity index is 539. The Morgan fingerprint density at radius 1 is 1.44 bits per heavy atom. The molecule has 7 nitrogen and oxygen atoms in total. The van der Waals surface area contributed by atoms with Gasteiger partial charge in [0.05, 0.1) is 11.2 Å². The molecule has 0 bridgehead atoms. The summed E-state index contributed by atoms with van der Waals surface area (Å²) in [5.41, 5.74) is 5.29. The van der Waals surface area contributed by atoms with Crippen LogP contribution in [0.15, 0.2) is 34.9 Å². The van der Waals surface area contributed by atoms with Gasteiger partial charge >= 0.3 is 5.69 Å². The van der Waals surface area contributed by atoms with Crippen LogP contribution in [0, 0.1) is 10.1 Å². The van der Waals surface area contributed by atoms with Gasteiger partial charge in [-0.05, 0) is 18.2 Å². The highest BCUT2D eigenvalue weighted by atomic mass is 16.6. The van der Waals surface area contributed by atoms with E-state index in [1.165, 1.54) is 12.1 Å². The Balaban J connectivity index is 1.94. The predicted molar refractivity (Wildman–Crippen MR) is 66.2 cm³/mol. The standard InChI is InChI=1S/C11H12N4O3/c12-11-9(15(16)17)3-4-10(14-11)13-6-5-8-2-1-7-18-8/h1-4,7H,5-6H2,(H3,12,13,14). The highest BCUT2D eigenvalue weighted by molar-refractivity contribution is 5.57. The van der Waals surface area contributed by atoms with Crippen molar-refractivity contribution in [1.82, 2.24) is 4.98 Å². The zero-order valence-corrected chi connectivity index (χ0v) is 9.50. The van der Waals surface area contributed by atoms with Crippen molar-refractivity contribution in [3.8, 4) is 0 Å². The molecule has 0 aliphatic rings. The van der Waals surface area contributed by atoms with Gasteiger partial charge in [0.2, 0.25) is 5.82 Å². The molecule has 0 amide bonds. The van der Waals surface area contributed by atoms with E-state index in [9.17, 15) is 10.1 Å². The Labute approximate surface area is 103 Å². The number of furan rings is 1. The van der Waals surface area contributed by atoms with Gasteiger partial charge in [-0.1, -0.05) is 0 Å². The maximum atomic E-state index is 10.6. The number of nitro groups is 1. The largest absolute Gasteiger partial charge is 0.469 e. The normalized spacial score (nSPS) is 10.2. The van der Waals surface area contributed by atoms with E-state index < -0.39 is 4.92 Å². The summed E-state index contributed by atoms with van der Waals surface area (Å²) < 4.78 is 5.17. The summed E-state index contributed by atoms with van der Waals surface area (Å²) in [6, 6.07) is 6.55. The van der Waals surface area contributed by atoms with Gasteiger partial charge in [0.1, 0.15) is 11.6 Å². The average molecular weight is 248 g/mol. The minimum atomic E-state index is -0.561. The molecule has 94 valence electrons. The zero-order chi connectivity index (χ0) is 13.0. The molecule has 0 radical (unpaired) electrons. The predicted octanol–water partition coefficient (Wildman–Crippen LogP) is 1.82. The fourth-order valence-electron chi connectivity index (χ4n) is 1.49. The van der Waals surface area contributed by atoms with E-state index in [1.807, 2.05) is 12.1 Å². The Kier molecular flexibility index (Phi) is 3.42. The summed E-state index contributed by atoms with van der Waals surface area (Å²) in [6.07, 6.45) is 2.31. The number of pyridine rings is 1. The molecule has 18 heavy (non-hydrogen) atoms. The molecule has 2 heterocycles. The van der Waals surface area contributed by atoms with Gasteiger partial charge in [0.15, 0.2) is 0 Å². The number of hydrogen-bond donors (Lipinski definition) is 2. The summed E-state index contributed by atoms with van der Waals surface area (Å²) in [4.78, 5) is 13.9. The van der Waals surface area contributed by atoms with Crippen LogP contribution in [-0.2, 0) is 6.42 Å². The first-order chi connectivity index (χ1) is 8.66. The van der Waals surface area contributed by atoms with Gasteiger partial charge in [0, 0.05) is 19.0 Å². The third-order valence-corrected chi connectivity index (χ3v) is 2.36. The van der Waals surface area contributed by atoms with Crippen molar-refractivity contribution in [2.24, 2.45) is 0 Å². The maximum Gasteiger partial charge on any atom is 0.311 e. The second kappa shape index (κ2) is 5.17. The van der Waals surface area contributed by atoms with E-state index in [4.69, 9.17) is 10.2 Å². The average Bonchev–Trinajstić information content (AvgIpc) is 2.81. The van der Waals surface area contributed by atoms with Crippen molar-refractivity contribution in [1.29, 1.82) is 0 Å². The van der Waals surface area contributed by atoms with Gasteiger partial charge < -0.3 is 15.5 Å². The molecule has 0 spiro atoms. The molecule has 0 aromatic carbocycles. The second-order valence-corrected chi connectivity index (χ2v) is 3.61. The molecule has 0 saturated carbocycles. The van der Waals surface area contributed by atoms with Gasteiger partial charge in [-0.3, -0.25) is 10.1 Å². The molecule has 2 aromatic rings. The zero-order valence-electron chi connectivity index (χ0n) is 9.50. The van der Waals surface area contributed by atoms with Crippen LogP contribution in [0.2, 0.25) is 0 Å².